The van der Waals surface area contributed by atoms with Gasteiger partial charge in [-0.25, -0.2) is 18.5 Å². The van der Waals surface area contributed by atoms with Crippen molar-refractivity contribution in [2.45, 2.75) is 52.0 Å². The Morgan fingerprint density at radius 2 is 1.85 bits per heavy atom. The largest absolute Gasteiger partial charge is 0.496 e. The van der Waals surface area contributed by atoms with Gasteiger partial charge in [0.25, 0.3) is 5.56 Å². The highest BCUT2D eigenvalue weighted by Gasteiger charge is 2.37. The number of fused-ring (bicyclic) bond motifs is 1. The molecule has 3 heterocycles. The zero-order valence-electron chi connectivity index (χ0n) is 25.9. The highest BCUT2D eigenvalue weighted by molar-refractivity contribution is 7.21. The third-order valence-corrected chi connectivity index (χ3v) is 8.87. The first-order valence-corrected chi connectivity index (χ1v) is 15.3. The second-order valence-corrected chi connectivity index (χ2v) is 12.0. The Kier molecular flexibility index (Phi) is 9.63. The summed E-state index contributed by atoms with van der Waals surface area (Å²) in [5, 5.41) is 9.16. The topological polar surface area (TPSA) is 119 Å². The number of carbonyl (C=O) groups excluding carboxylic acids is 1. The van der Waals surface area contributed by atoms with Crippen LogP contribution in [0.1, 0.15) is 43.1 Å². The molecule has 0 saturated carbocycles. The lowest BCUT2D eigenvalue weighted by Gasteiger charge is -2.27. The number of ether oxygens (including phenoxy) is 3. The van der Waals surface area contributed by atoms with E-state index in [9.17, 15) is 18.8 Å². The van der Waals surface area contributed by atoms with E-state index in [1.165, 1.54) is 60.9 Å². The van der Waals surface area contributed by atoms with E-state index in [2.05, 4.69) is 16.8 Å². The molecule has 0 amide bonds. The van der Waals surface area contributed by atoms with Gasteiger partial charge in [0, 0.05) is 11.1 Å². The summed E-state index contributed by atoms with van der Waals surface area (Å²) >= 11 is 1.14. The highest BCUT2D eigenvalue weighted by atomic mass is 32.1. The van der Waals surface area contributed by atoms with Gasteiger partial charge in [-0.05, 0) is 51.0 Å². The molecular formula is C33H34FN5O6S. The summed E-state index contributed by atoms with van der Waals surface area (Å²) in [5.74, 6) is -0.929. The number of hydrogen-bond donors (Lipinski definition) is 0. The van der Waals surface area contributed by atoms with Gasteiger partial charge in [0.1, 0.15) is 39.6 Å². The number of aryl methyl sites for hydroxylation is 1. The fourth-order valence-electron chi connectivity index (χ4n) is 5.15. The normalized spacial score (nSPS) is 12.3. The molecule has 3 aromatic heterocycles. The maximum atomic E-state index is 14.6. The molecule has 240 valence electrons. The first kappa shape index (κ1) is 32.5. The summed E-state index contributed by atoms with van der Waals surface area (Å²) < 4.78 is 34.2. The van der Waals surface area contributed by atoms with Crippen molar-refractivity contribution in [2.24, 2.45) is 0 Å². The van der Waals surface area contributed by atoms with Gasteiger partial charge in [0.15, 0.2) is 0 Å². The number of benzene rings is 2. The van der Waals surface area contributed by atoms with Crippen LogP contribution in [0, 0.1) is 12.7 Å². The molecule has 0 radical (unpaired) electrons. The predicted molar refractivity (Wildman–Crippen MR) is 172 cm³/mol. The number of thiophene rings is 1. The molecule has 0 spiro atoms. The monoisotopic (exact) mass is 647 g/mol. The number of carbonyl (C=O) groups is 1. The summed E-state index contributed by atoms with van der Waals surface area (Å²) in [6.07, 6.45) is 4.28. The minimum absolute atomic E-state index is 0.0422. The first-order chi connectivity index (χ1) is 22.1. The molecule has 0 saturated heterocycles. The first-order valence-electron chi connectivity index (χ1n) is 14.5. The van der Waals surface area contributed by atoms with E-state index in [0.717, 1.165) is 21.5 Å². The Hall–Kier alpha value is -4.88. The number of nitrogens with zero attached hydrogens (tertiary/aromatic N) is 5. The van der Waals surface area contributed by atoms with Crippen LogP contribution in [0.15, 0.2) is 83.2 Å². The van der Waals surface area contributed by atoms with Crippen molar-refractivity contribution in [3.05, 3.63) is 117 Å². The molecule has 11 nitrogen and oxygen atoms in total. The minimum Gasteiger partial charge on any atom is -0.496 e. The third kappa shape index (κ3) is 6.28. The van der Waals surface area contributed by atoms with Gasteiger partial charge in [-0.2, -0.15) is 10.2 Å². The lowest BCUT2D eigenvalue weighted by molar-refractivity contribution is -0.154. The SMILES string of the molecule is C=CCCO[C@@H](Cn1c(=O)n(C(C)(C)C(=O)OCc2ccccc2)c(=O)c2c(C)c(-n3nccn3)sc21)c1cc(F)ccc1OC. The van der Waals surface area contributed by atoms with Gasteiger partial charge < -0.3 is 14.2 Å². The van der Waals surface area contributed by atoms with Gasteiger partial charge >= 0.3 is 11.7 Å². The molecule has 5 aromatic rings. The Balaban J connectivity index is 1.70. The van der Waals surface area contributed by atoms with E-state index in [0.29, 0.717) is 33.1 Å². The second kappa shape index (κ2) is 13.6. The molecular weight excluding hydrogens is 613 g/mol. The van der Waals surface area contributed by atoms with Crippen molar-refractivity contribution >= 4 is 27.5 Å². The Morgan fingerprint density at radius 3 is 2.52 bits per heavy atom. The van der Waals surface area contributed by atoms with Crippen LogP contribution in [0.3, 0.4) is 0 Å². The molecule has 0 aliphatic rings. The fourth-order valence-corrected chi connectivity index (χ4v) is 6.37. The molecule has 0 N–H and O–H groups in total. The molecule has 1 atom stereocenters. The zero-order chi connectivity index (χ0) is 33.0. The summed E-state index contributed by atoms with van der Waals surface area (Å²) in [6, 6.07) is 13.1. The van der Waals surface area contributed by atoms with Crippen molar-refractivity contribution in [2.75, 3.05) is 13.7 Å². The lowest BCUT2D eigenvalue weighted by atomic mass is 10.0. The van der Waals surface area contributed by atoms with Crippen LogP contribution in [-0.2, 0) is 33.0 Å². The molecule has 46 heavy (non-hydrogen) atoms. The Bertz CT molecular complexity index is 1980. The molecule has 0 aliphatic heterocycles. The van der Waals surface area contributed by atoms with Gasteiger partial charge in [-0.1, -0.05) is 47.7 Å². The van der Waals surface area contributed by atoms with Crippen LogP contribution in [0.4, 0.5) is 4.39 Å². The number of hydrogen-bond acceptors (Lipinski definition) is 9. The van der Waals surface area contributed by atoms with E-state index >= 15 is 0 Å². The van der Waals surface area contributed by atoms with Gasteiger partial charge in [0.2, 0.25) is 0 Å². The molecule has 0 unspecified atom stereocenters. The maximum Gasteiger partial charge on any atom is 0.333 e. The Morgan fingerprint density at radius 1 is 1.13 bits per heavy atom. The van der Waals surface area contributed by atoms with E-state index in [4.69, 9.17) is 14.2 Å². The Labute approximate surface area is 268 Å². The van der Waals surface area contributed by atoms with E-state index in [1.807, 2.05) is 18.2 Å². The van der Waals surface area contributed by atoms with Crippen LogP contribution >= 0.6 is 11.3 Å². The minimum atomic E-state index is -1.72. The third-order valence-electron chi connectivity index (χ3n) is 7.59. The highest BCUT2D eigenvalue weighted by Crippen LogP contribution is 2.34. The molecule has 5 rings (SSSR count). The zero-order valence-corrected chi connectivity index (χ0v) is 26.8. The number of halogens is 1. The van der Waals surface area contributed by atoms with Crippen LogP contribution in [0.5, 0.6) is 5.75 Å². The van der Waals surface area contributed by atoms with Crippen molar-refractivity contribution in [3.63, 3.8) is 0 Å². The molecule has 0 aliphatic carbocycles. The van der Waals surface area contributed by atoms with Crippen molar-refractivity contribution < 1.29 is 23.4 Å². The van der Waals surface area contributed by atoms with E-state index in [1.54, 1.807) is 25.1 Å². The quantitative estimate of drug-likeness (QED) is 0.0987. The maximum absolute atomic E-state index is 14.6. The second-order valence-electron chi connectivity index (χ2n) is 11.0. The molecule has 2 aromatic carbocycles. The van der Waals surface area contributed by atoms with Crippen molar-refractivity contribution in [1.29, 1.82) is 0 Å². The summed E-state index contributed by atoms with van der Waals surface area (Å²) in [4.78, 5) is 43.9. The van der Waals surface area contributed by atoms with Crippen LogP contribution < -0.4 is 16.0 Å². The van der Waals surface area contributed by atoms with Gasteiger partial charge in [-0.15, -0.1) is 11.4 Å². The van der Waals surface area contributed by atoms with Crippen molar-refractivity contribution in [3.8, 4) is 10.8 Å². The van der Waals surface area contributed by atoms with E-state index < -0.39 is 34.7 Å². The van der Waals surface area contributed by atoms with Gasteiger partial charge in [-0.3, -0.25) is 9.36 Å². The predicted octanol–water partition coefficient (Wildman–Crippen LogP) is 5.07. The van der Waals surface area contributed by atoms with Crippen LogP contribution in [0.2, 0.25) is 0 Å². The number of rotatable bonds is 13. The van der Waals surface area contributed by atoms with Crippen LogP contribution in [-0.4, -0.2) is 43.8 Å². The number of aromatic nitrogens is 5. The standard InChI is InChI=1S/C33H34FN5O6S/c1-6-7-17-44-26(24-18-23(34)13-14-25(24)43-5)19-37-30-27(21(2)29(46-30)39-35-15-16-36-39)28(40)38(32(37)42)33(3,4)31(41)45-20-22-11-9-8-10-12-22/h6,8-16,18,26H,1,7,17,19-20H2,2-5H3/t26-/m0/s1. The van der Waals surface area contributed by atoms with E-state index in [-0.39, 0.29) is 25.1 Å². The average Bonchev–Trinajstić information content (AvgIpc) is 3.69. The molecule has 0 bridgehead atoms. The van der Waals surface area contributed by atoms with Crippen molar-refractivity contribution in [1.82, 2.24) is 24.1 Å². The fraction of sp³-hybridized carbons (Fsp3) is 0.303. The summed E-state index contributed by atoms with van der Waals surface area (Å²) in [6.45, 7) is 8.42. The molecule has 13 heteroatoms. The average molecular weight is 648 g/mol. The lowest BCUT2D eigenvalue weighted by Crippen LogP contribution is -2.53. The summed E-state index contributed by atoms with van der Waals surface area (Å²) in [5.41, 5.74) is -1.52. The number of methoxy groups -OCH3 is 1. The van der Waals surface area contributed by atoms with Gasteiger partial charge in [0.05, 0.1) is 38.0 Å². The smallest absolute Gasteiger partial charge is 0.333 e. The van der Waals surface area contributed by atoms with Crippen LogP contribution in [0.25, 0.3) is 15.2 Å². The number of esters is 1. The molecule has 0 fully saturated rings. The summed E-state index contributed by atoms with van der Waals surface area (Å²) in [7, 11) is 1.46.